The largest absolute Gasteiger partial charge is 0.348 e. The van der Waals surface area contributed by atoms with Gasteiger partial charge in [0.2, 0.25) is 5.91 Å². The predicted octanol–water partition coefficient (Wildman–Crippen LogP) is 0.807. The lowest BCUT2D eigenvalue weighted by Crippen LogP contribution is -2.50. The molecule has 0 spiro atoms. The highest BCUT2D eigenvalue weighted by atomic mass is 35.5. The molecule has 1 aromatic rings. The van der Waals surface area contributed by atoms with Crippen molar-refractivity contribution in [3.05, 3.63) is 16.4 Å². The number of nitrogens with zero attached hydrogens (tertiary/aromatic N) is 4. The Morgan fingerprint density at radius 1 is 1.21 bits per heavy atom. The maximum atomic E-state index is 12.4. The van der Waals surface area contributed by atoms with E-state index in [-0.39, 0.29) is 29.6 Å². The molecule has 2 aliphatic heterocycles. The minimum Gasteiger partial charge on any atom is -0.348 e. The van der Waals surface area contributed by atoms with Crippen molar-refractivity contribution in [2.45, 2.75) is 38.3 Å². The van der Waals surface area contributed by atoms with Crippen LogP contribution >= 0.6 is 11.6 Å². The van der Waals surface area contributed by atoms with Crippen molar-refractivity contribution >= 4 is 23.4 Å². The summed E-state index contributed by atoms with van der Waals surface area (Å²) in [6, 6.07) is 0.112. The van der Waals surface area contributed by atoms with Gasteiger partial charge in [0.25, 0.3) is 5.91 Å². The minimum atomic E-state index is -0.223. The van der Waals surface area contributed by atoms with Gasteiger partial charge in [-0.05, 0) is 26.2 Å². The Morgan fingerprint density at radius 2 is 1.88 bits per heavy atom. The van der Waals surface area contributed by atoms with Crippen LogP contribution < -0.4 is 5.32 Å². The Balaban J connectivity index is 1.55. The maximum absolute atomic E-state index is 12.4. The van der Waals surface area contributed by atoms with Crippen molar-refractivity contribution < 1.29 is 9.59 Å². The fraction of sp³-hybridized carbons (Fsp3) is 0.688. The number of nitrogens with one attached hydrogen (secondary N) is 1. The van der Waals surface area contributed by atoms with Crippen LogP contribution in [0.15, 0.2) is 0 Å². The molecule has 0 bridgehead atoms. The van der Waals surface area contributed by atoms with Crippen molar-refractivity contribution in [2.75, 3.05) is 26.7 Å². The Morgan fingerprint density at radius 3 is 2.38 bits per heavy atom. The van der Waals surface area contributed by atoms with E-state index >= 15 is 0 Å². The summed E-state index contributed by atoms with van der Waals surface area (Å²) in [5, 5.41) is 7.62. The van der Waals surface area contributed by atoms with Gasteiger partial charge in [0.05, 0.1) is 16.8 Å². The van der Waals surface area contributed by atoms with Gasteiger partial charge in [-0.15, -0.1) is 0 Å². The smallest absolute Gasteiger partial charge is 0.273 e. The van der Waals surface area contributed by atoms with Crippen LogP contribution in [-0.2, 0) is 11.8 Å². The van der Waals surface area contributed by atoms with E-state index in [0.717, 1.165) is 44.6 Å². The van der Waals surface area contributed by atoms with E-state index in [9.17, 15) is 9.59 Å². The van der Waals surface area contributed by atoms with E-state index in [1.165, 1.54) is 0 Å². The molecule has 2 amide bonds. The second kappa shape index (κ2) is 6.72. The number of aryl methyl sites for hydroxylation is 1. The third kappa shape index (κ3) is 3.15. The number of carbonyl (C=O) groups is 2. The van der Waals surface area contributed by atoms with Crippen LogP contribution in [0, 0.1) is 6.92 Å². The van der Waals surface area contributed by atoms with Gasteiger partial charge >= 0.3 is 0 Å². The first-order valence-electron chi connectivity index (χ1n) is 8.37. The number of rotatable bonds is 3. The first kappa shape index (κ1) is 17.2. The number of likely N-dealkylation sites (N-methyl/N-ethyl adjacent to an activating group) is 1. The number of hydrogen-bond acceptors (Lipinski definition) is 4. The Bertz CT molecular complexity index is 651. The highest BCUT2D eigenvalue weighted by Crippen LogP contribution is 2.22. The number of halogens is 1. The maximum Gasteiger partial charge on any atom is 0.273 e. The lowest BCUT2D eigenvalue weighted by molar-refractivity contribution is -0.131. The summed E-state index contributed by atoms with van der Waals surface area (Å²) in [6.07, 6.45) is 2.57. The first-order valence-corrected chi connectivity index (χ1v) is 8.75. The molecule has 2 aliphatic rings. The molecule has 132 valence electrons. The first-order chi connectivity index (χ1) is 11.4. The van der Waals surface area contributed by atoms with Gasteiger partial charge in [-0.2, -0.15) is 5.10 Å². The lowest BCUT2D eigenvalue weighted by Gasteiger charge is -2.35. The second-order valence-corrected chi connectivity index (χ2v) is 7.10. The molecule has 0 aromatic carbocycles. The highest BCUT2D eigenvalue weighted by molar-refractivity contribution is 6.34. The summed E-state index contributed by atoms with van der Waals surface area (Å²) in [4.78, 5) is 28.5. The number of amides is 2. The lowest BCUT2D eigenvalue weighted by atomic mass is 10.0. The third-order valence-corrected chi connectivity index (χ3v) is 5.63. The molecule has 24 heavy (non-hydrogen) atoms. The molecule has 0 unspecified atom stereocenters. The summed E-state index contributed by atoms with van der Waals surface area (Å²) in [5.74, 6) is -0.00736. The summed E-state index contributed by atoms with van der Waals surface area (Å²) in [7, 11) is 3.63. The molecule has 3 rings (SSSR count). The van der Waals surface area contributed by atoms with Gasteiger partial charge in [0.15, 0.2) is 5.69 Å². The van der Waals surface area contributed by atoms with Crippen LogP contribution in [0.5, 0.6) is 0 Å². The zero-order chi connectivity index (χ0) is 17.4. The van der Waals surface area contributed by atoms with Gasteiger partial charge in [-0.1, -0.05) is 11.6 Å². The minimum absolute atomic E-state index is 0.0135. The summed E-state index contributed by atoms with van der Waals surface area (Å²) in [6.45, 7) is 4.31. The molecular formula is C16H24ClN5O2. The Hall–Kier alpha value is -1.60. The van der Waals surface area contributed by atoms with Crippen molar-refractivity contribution in [3.63, 3.8) is 0 Å². The normalized spacial score (nSPS) is 23.1. The Labute approximate surface area is 146 Å². The monoisotopic (exact) mass is 353 g/mol. The van der Waals surface area contributed by atoms with Crippen molar-refractivity contribution in [1.29, 1.82) is 0 Å². The molecule has 0 aliphatic carbocycles. The molecule has 2 fully saturated rings. The molecule has 0 radical (unpaired) electrons. The molecule has 1 aromatic heterocycles. The predicted molar refractivity (Wildman–Crippen MR) is 91.1 cm³/mol. The van der Waals surface area contributed by atoms with E-state index in [1.54, 1.807) is 16.6 Å². The van der Waals surface area contributed by atoms with Gasteiger partial charge in [0.1, 0.15) is 0 Å². The van der Waals surface area contributed by atoms with Crippen LogP contribution in [-0.4, -0.2) is 70.2 Å². The highest BCUT2D eigenvalue weighted by Gasteiger charge is 2.36. The molecule has 1 atom stereocenters. The zero-order valence-corrected chi connectivity index (χ0v) is 15.1. The zero-order valence-electron chi connectivity index (χ0n) is 14.4. The fourth-order valence-electron chi connectivity index (χ4n) is 3.48. The molecule has 0 saturated carbocycles. The number of hydrogen-bond donors (Lipinski definition) is 1. The Kier molecular flexibility index (Phi) is 4.83. The van der Waals surface area contributed by atoms with Crippen molar-refractivity contribution in [3.8, 4) is 0 Å². The second-order valence-electron chi connectivity index (χ2n) is 6.72. The number of aromatic nitrogens is 2. The van der Waals surface area contributed by atoms with Crippen molar-refractivity contribution in [2.24, 2.45) is 7.05 Å². The fourth-order valence-corrected chi connectivity index (χ4v) is 3.73. The van der Waals surface area contributed by atoms with E-state index in [2.05, 4.69) is 15.3 Å². The average molecular weight is 354 g/mol. The molecule has 8 heteroatoms. The van der Waals surface area contributed by atoms with Gasteiger partial charge in [-0.3, -0.25) is 19.2 Å². The number of carbonyl (C=O) groups excluding carboxylic acids is 2. The van der Waals surface area contributed by atoms with E-state index in [0.29, 0.717) is 5.02 Å². The van der Waals surface area contributed by atoms with Gasteiger partial charge in [-0.25, -0.2) is 0 Å². The molecule has 1 N–H and O–H groups in total. The molecular weight excluding hydrogens is 330 g/mol. The molecule has 7 nitrogen and oxygen atoms in total. The van der Waals surface area contributed by atoms with Crippen LogP contribution in [0.3, 0.4) is 0 Å². The standard InChI is InChI=1S/C16H24ClN5O2/c1-10-13(17)14(19-21(10)3)15(23)18-11-4-8-22(9-5-11)12-6-7-20(2)16(12)24/h11-12H,4-9H2,1-3H3,(H,18,23)/t12-/m1/s1. The van der Waals surface area contributed by atoms with Crippen LogP contribution in [0.1, 0.15) is 35.4 Å². The van der Waals surface area contributed by atoms with Crippen LogP contribution in [0.25, 0.3) is 0 Å². The van der Waals surface area contributed by atoms with Crippen LogP contribution in [0.4, 0.5) is 0 Å². The summed E-state index contributed by atoms with van der Waals surface area (Å²) < 4.78 is 1.61. The van der Waals surface area contributed by atoms with Crippen LogP contribution in [0.2, 0.25) is 5.02 Å². The third-order valence-electron chi connectivity index (χ3n) is 5.18. The number of piperidine rings is 1. The summed E-state index contributed by atoms with van der Waals surface area (Å²) in [5.41, 5.74) is 1.06. The van der Waals surface area contributed by atoms with Gasteiger partial charge < -0.3 is 10.2 Å². The van der Waals surface area contributed by atoms with E-state index < -0.39 is 0 Å². The quantitative estimate of drug-likeness (QED) is 0.873. The topological polar surface area (TPSA) is 70.5 Å². The molecule has 2 saturated heterocycles. The average Bonchev–Trinajstić information content (AvgIpc) is 3.03. The van der Waals surface area contributed by atoms with Crippen molar-refractivity contribution in [1.82, 2.24) is 24.9 Å². The number of likely N-dealkylation sites (tertiary alicyclic amines) is 2. The van der Waals surface area contributed by atoms with E-state index in [1.807, 2.05) is 14.0 Å². The SMILES string of the molecule is Cc1c(Cl)c(C(=O)NC2CCN([C@@H]3CCN(C)C3=O)CC2)nn1C. The molecule has 3 heterocycles. The van der Waals surface area contributed by atoms with Gasteiger partial charge in [0, 0.05) is 39.8 Å². The summed E-state index contributed by atoms with van der Waals surface area (Å²) >= 11 is 6.17. The van der Waals surface area contributed by atoms with E-state index in [4.69, 9.17) is 11.6 Å².